The van der Waals surface area contributed by atoms with Crippen molar-refractivity contribution < 1.29 is 19.1 Å². The van der Waals surface area contributed by atoms with Crippen molar-refractivity contribution in [3.05, 3.63) is 22.7 Å². The van der Waals surface area contributed by atoms with E-state index in [2.05, 4.69) is 0 Å². The van der Waals surface area contributed by atoms with Gasteiger partial charge in [0.15, 0.2) is 0 Å². The van der Waals surface area contributed by atoms with E-state index in [0.29, 0.717) is 16.5 Å². The summed E-state index contributed by atoms with van der Waals surface area (Å²) in [4.78, 5) is 25.2. The average molecular weight is 298 g/mol. The molecule has 1 saturated heterocycles. The van der Waals surface area contributed by atoms with Crippen LogP contribution in [0.4, 0.5) is 5.69 Å². The average Bonchev–Trinajstić information content (AvgIpc) is 2.82. The number of benzene rings is 1. The number of carbonyl (C=O) groups excluding carboxylic acids is 2. The highest BCUT2D eigenvalue weighted by molar-refractivity contribution is 6.31. The van der Waals surface area contributed by atoms with Crippen LogP contribution in [0.5, 0.6) is 5.75 Å². The lowest BCUT2D eigenvalue weighted by atomic mass is 10.1. The van der Waals surface area contributed by atoms with Gasteiger partial charge in [0.25, 0.3) is 0 Å². The van der Waals surface area contributed by atoms with E-state index >= 15 is 0 Å². The molecule has 1 aromatic carbocycles. The normalized spacial score (nSPS) is 18.3. The molecule has 108 valence electrons. The molecule has 1 atom stereocenters. The van der Waals surface area contributed by atoms with Gasteiger partial charge in [-0.15, -0.1) is 0 Å². The topological polar surface area (TPSA) is 55.8 Å². The minimum atomic E-state index is -0.447. The summed E-state index contributed by atoms with van der Waals surface area (Å²) in [5, 5.41) is 0.551. The van der Waals surface area contributed by atoms with Gasteiger partial charge in [0, 0.05) is 18.0 Å². The molecular weight excluding hydrogens is 282 g/mol. The van der Waals surface area contributed by atoms with Gasteiger partial charge >= 0.3 is 5.97 Å². The molecule has 2 rings (SSSR count). The van der Waals surface area contributed by atoms with Crippen LogP contribution < -0.4 is 9.64 Å². The van der Waals surface area contributed by atoms with Crippen molar-refractivity contribution in [3.63, 3.8) is 0 Å². The Bertz CT molecular complexity index is 558. The number of methoxy groups -OCH3 is 2. The third-order valence-electron chi connectivity index (χ3n) is 3.41. The largest absolute Gasteiger partial charge is 0.495 e. The van der Waals surface area contributed by atoms with Gasteiger partial charge in [0.1, 0.15) is 5.75 Å². The van der Waals surface area contributed by atoms with Gasteiger partial charge in [-0.3, -0.25) is 9.59 Å². The van der Waals surface area contributed by atoms with Crippen molar-refractivity contribution in [2.45, 2.75) is 13.3 Å². The standard InChI is InChI=1S/C14H16ClNO4/c1-8-4-12(19-2)11(6-10(8)15)16-7-9(5-13(16)17)14(18)20-3/h4,6,9H,5,7H2,1-3H3. The summed E-state index contributed by atoms with van der Waals surface area (Å²) in [6.07, 6.45) is 0.140. The molecule has 1 unspecified atom stereocenters. The van der Waals surface area contributed by atoms with Crippen LogP contribution in [0.25, 0.3) is 0 Å². The van der Waals surface area contributed by atoms with E-state index in [-0.39, 0.29) is 24.8 Å². The molecule has 0 aromatic heterocycles. The maximum absolute atomic E-state index is 12.1. The number of anilines is 1. The van der Waals surface area contributed by atoms with Crippen LogP contribution in [0.2, 0.25) is 5.02 Å². The Morgan fingerprint density at radius 1 is 1.40 bits per heavy atom. The summed E-state index contributed by atoms with van der Waals surface area (Å²) < 4.78 is 9.99. The summed E-state index contributed by atoms with van der Waals surface area (Å²) in [7, 11) is 2.85. The molecule has 1 heterocycles. The molecule has 0 bridgehead atoms. The second-order valence-electron chi connectivity index (χ2n) is 4.70. The summed E-state index contributed by atoms with van der Waals surface area (Å²) in [5.41, 5.74) is 1.45. The number of aryl methyl sites for hydroxylation is 1. The van der Waals surface area contributed by atoms with Gasteiger partial charge in [-0.2, -0.15) is 0 Å². The van der Waals surface area contributed by atoms with E-state index in [1.54, 1.807) is 12.1 Å². The Hall–Kier alpha value is -1.75. The fourth-order valence-corrected chi connectivity index (χ4v) is 2.44. The molecule has 1 fully saturated rings. The molecule has 0 aliphatic carbocycles. The molecule has 0 N–H and O–H groups in total. The zero-order chi connectivity index (χ0) is 14.9. The molecule has 6 heteroatoms. The third kappa shape index (κ3) is 2.58. The smallest absolute Gasteiger partial charge is 0.311 e. The van der Waals surface area contributed by atoms with Crippen molar-refractivity contribution in [1.82, 2.24) is 0 Å². The van der Waals surface area contributed by atoms with E-state index in [0.717, 1.165) is 5.56 Å². The first-order valence-corrected chi connectivity index (χ1v) is 6.58. The number of amides is 1. The van der Waals surface area contributed by atoms with Gasteiger partial charge in [-0.1, -0.05) is 11.6 Å². The fourth-order valence-electron chi connectivity index (χ4n) is 2.28. The number of nitrogens with zero attached hydrogens (tertiary/aromatic N) is 1. The first-order valence-electron chi connectivity index (χ1n) is 6.20. The van der Waals surface area contributed by atoms with Crippen molar-refractivity contribution in [2.75, 3.05) is 25.7 Å². The predicted molar refractivity (Wildman–Crippen MR) is 75.2 cm³/mol. The quantitative estimate of drug-likeness (QED) is 0.803. The van der Waals surface area contributed by atoms with Crippen LogP contribution in [0, 0.1) is 12.8 Å². The molecule has 0 spiro atoms. The Morgan fingerprint density at radius 3 is 2.70 bits per heavy atom. The number of hydrogen-bond acceptors (Lipinski definition) is 4. The highest BCUT2D eigenvalue weighted by Crippen LogP contribution is 2.37. The van der Waals surface area contributed by atoms with E-state index in [9.17, 15) is 9.59 Å². The van der Waals surface area contributed by atoms with Gasteiger partial charge in [-0.05, 0) is 24.6 Å². The van der Waals surface area contributed by atoms with Crippen LogP contribution in [0.3, 0.4) is 0 Å². The van der Waals surface area contributed by atoms with Crippen LogP contribution >= 0.6 is 11.6 Å². The lowest BCUT2D eigenvalue weighted by Gasteiger charge is -2.20. The second-order valence-corrected chi connectivity index (χ2v) is 5.11. The van der Waals surface area contributed by atoms with Gasteiger partial charge in [0.2, 0.25) is 5.91 Å². The van der Waals surface area contributed by atoms with Crippen LogP contribution in [-0.2, 0) is 14.3 Å². The zero-order valence-electron chi connectivity index (χ0n) is 11.6. The Morgan fingerprint density at radius 2 is 2.10 bits per heavy atom. The van der Waals surface area contributed by atoms with Crippen molar-refractivity contribution in [3.8, 4) is 5.75 Å². The number of hydrogen-bond donors (Lipinski definition) is 0. The van der Waals surface area contributed by atoms with Gasteiger partial charge < -0.3 is 14.4 Å². The maximum atomic E-state index is 12.1. The molecule has 5 nitrogen and oxygen atoms in total. The number of rotatable bonds is 3. The zero-order valence-corrected chi connectivity index (χ0v) is 12.4. The minimum Gasteiger partial charge on any atom is -0.495 e. The second kappa shape index (κ2) is 5.71. The molecule has 1 amide bonds. The number of halogens is 1. The maximum Gasteiger partial charge on any atom is 0.311 e. The summed E-state index contributed by atoms with van der Waals surface area (Å²) in [6.45, 7) is 2.14. The Kier molecular flexibility index (Phi) is 4.18. The molecule has 1 aliphatic heterocycles. The van der Waals surface area contributed by atoms with E-state index in [4.69, 9.17) is 21.1 Å². The Labute approximate surface area is 122 Å². The highest BCUT2D eigenvalue weighted by atomic mass is 35.5. The summed E-state index contributed by atoms with van der Waals surface area (Å²) in [6, 6.07) is 3.46. The third-order valence-corrected chi connectivity index (χ3v) is 3.82. The van der Waals surface area contributed by atoms with Gasteiger partial charge in [-0.25, -0.2) is 0 Å². The molecule has 0 saturated carbocycles. The predicted octanol–water partition coefficient (Wildman–Crippen LogP) is 2.18. The molecule has 0 radical (unpaired) electrons. The number of esters is 1. The highest BCUT2D eigenvalue weighted by Gasteiger charge is 2.37. The lowest BCUT2D eigenvalue weighted by molar-refractivity contribution is -0.145. The van der Waals surface area contributed by atoms with Crippen molar-refractivity contribution in [1.29, 1.82) is 0 Å². The minimum absolute atomic E-state index is 0.140. The number of ether oxygens (including phenoxy) is 2. The van der Waals surface area contributed by atoms with Gasteiger partial charge in [0.05, 0.1) is 25.8 Å². The van der Waals surface area contributed by atoms with Crippen molar-refractivity contribution >= 4 is 29.2 Å². The monoisotopic (exact) mass is 297 g/mol. The Balaban J connectivity index is 2.35. The van der Waals surface area contributed by atoms with E-state index in [1.165, 1.54) is 19.1 Å². The van der Waals surface area contributed by atoms with Crippen molar-refractivity contribution in [2.24, 2.45) is 5.92 Å². The lowest BCUT2D eigenvalue weighted by Crippen LogP contribution is -2.26. The van der Waals surface area contributed by atoms with Crippen LogP contribution in [-0.4, -0.2) is 32.6 Å². The fraction of sp³-hybridized carbons (Fsp3) is 0.429. The molecule has 20 heavy (non-hydrogen) atoms. The molecular formula is C14H16ClNO4. The molecule has 1 aromatic rings. The van der Waals surface area contributed by atoms with E-state index in [1.807, 2.05) is 6.92 Å². The van der Waals surface area contributed by atoms with E-state index < -0.39 is 5.92 Å². The first-order chi connectivity index (χ1) is 9.47. The SMILES string of the molecule is COC(=O)C1CC(=O)N(c2cc(Cl)c(C)cc2OC)C1. The molecule has 1 aliphatic rings. The summed E-state index contributed by atoms with van der Waals surface area (Å²) >= 11 is 6.11. The van der Waals surface area contributed by atoms with Crippen LogP contribution in [0.1, 0.15) is 12.0 Å². The number of carbonyl (C=O) groups is 2. The summed E-state index contributed by atoms with van der Waals surface area (Å²) in [5.74, 6) is -0.403. The first kappa shape index (κ1) is 14.7. The van der Waals surface area contributed by atoms with Crippen LogP contribution in [0.15, 0.2) is 12.1 Å².